The van der Waals surface area contributed by atoms with Gasteiger partial charge in [-0.3, -0.25) is 14.4 Å². The van der Waals surface area contributed by atoms with E-state index in [1.807, 2.05) is 46.8 Å². The molecular weight excluding hydrogens is 412 g/mol. The number of amides is 3. The third-order valence-corrected chi connectivity index (χ3v) is 5.56. The van der Waals surface area contributed by atoms with Crippen LogP contribution in [0.5, 0.6) is 0 Å². The van der Waals surface area contributed by atoms with Crippen LogP contribution < -0.4 is 5.32 Å². The van der Waals surface area contributed by atoms with E-state index in [1.165, 1.54) is 11.3 Å². The number of thiazole rings is 1. The number of hydrogen-bond acceptors (Lipinski definition) is 5. The van der Waals surface area contributed by atoms with E-state index in [1.54, 1.807) is 27.3 Å². The van der Waals surface area contributed by atoms with Crippen molar-refractivity contribution >= 4 is 34.2 Å². The van der Waals surface area contributed by atoms with Crippen LogP contribution in [0.25, 0.3) is 0 Å². The first-order chi connectivity index (χ1) is 14.7. The Kier molecular flexibility index (Phi) is 9.18. The molecule has 0 saturated carbocycles. The summed E-state index contributed by atoms with van der Waals surface area (Å²) in [6.45, 7) is 11.6. The second-order valence-electron chi connectivity index (χ2n) is 7.88. The van der Waals surface area contributed by atoms with E-state index in [0.29, 0.717) is 36.0 Å². The van der Waals surface area contributed by atoms with E-state index in [9.17, 15) is 14.4 Å². The van der Waals surface area contributed by atoms with Gasteiger partial charge in [0.25, 0.3) is 5.91 Å². The van der Waals surface area contributed by atoms with Crippen molar-refractivity contribution in [3.05, 3.63) is 46.5 Å². The van der Waals surface area contributed by atoms with Crippen LogP contribution in [0.1, 0.15) is 49.3 Å². The van der Waals surface area contributed by atoms with Gasteiger partial charge in [-0.2, -0.15) is 0 Å². The third-order valence-electron chi connectivity index (χ3n) is 4.75. The first-order valence-corrected chi connectivity index (χ1v) is 11.5. The van der Waals surface area contributed by atoms with E-state index in [4.69, 9.17) is 0 Å². The first-order valence-electron chi connectivity index (χ1n) is 10.6. The number of carbonyl (C=O) groups is 3. The molecular formula is C23H32N4O3S. The van der Waals surface area contributed by atoms with Gasteiger partial charge < -0.3 is 15.1 Å². The fourth-order valence-electron chi connectivity index (χ4n) is 3.16. The highest BCUT2D eigenvalue weighted by molar-refractivity contribution is 7.13. The minimum atomic E-state index is -0.308. The molecule has 0 atom stereocenters. The smallest absolute Gasteiger partial charge is 0.254 e. The highest BCUT2D eigenvalue weighted by Crippen LogP contribution is 2.17. The van der Waals surface area contributed by atoms with Gasteiger partial charge in [-0.15, -0.1) is 11.3 Å². The molecule has 2 aromatic rings. The number of hydrogen-bond donors (Lipinski definition) is 1. The largest absolute Gasteiger partial charge is 0.343 e. The molecule has 2 rings (SSSR count). The Labute approximate surface area is 188 Å². The zero-order chi connectivity index (χ0) is 23.0. The molecule has 0 bridgehead atoms. The summed E-state index contributed by atoms with van der Waals surface area (Å²) in [5.74, 6) is -0.245. The molecule has 0 unspecified atom stereocenters. The van der Waals surface area contributed by atoms with Crippen molar-refractivity contribution < 1.29 is 14.4 Å². The van der Waals surface area contributed by atoms with E-state index in [-0.39, 0.29) is 36.6 Å². The van der Waals surface area contributed by atoms with Crippen LogP contribution in [0.15, 0.2) is 29.6 Å². The molecule has 168 valence electrons. The van der Waals surface area contributed by atoms with Gasteiger partial charge in [0.05, 0.1) is 12.1 Å². The Balaban J connectivity index is 2.01. The lowest BCUT2D eigenvalue weighted by Gasteiger charge is -2.24. The molecule has 1 aromatic carbocycles. The number of carbonyl (C=O) groups excluding carboxylic acids is 3. The van der Waals surface area contributed by atoms with Crippen LogP contribution in [-0.2, 0) is 16.0 Å². The van der Waals surface area contributed by atoms with Gasteiger partial charge in [0.15, 0.2) is 5.13 Å². The molecule has 0 spiro atoms. The normalized spacial score (nSPS) is 10.8. The van der Waals surface area contributed by atoms with Gasteiger partial charge in [0.2, 0.25) is 11.8 Å². The predicted molar refractivity (Wildman–Crippen MR) is 124 cm³/mol. The average molecular weight is 445 g/mol. The molecule has 1 aromatic heterocycles. The van der Waals surface area contributed by atoms with Crippen LogP contribution in [0.4, 0.5) is 5.13 Å². The molecule has 1 N–H and O–H groups in total. The maximum absolute atomic E-state index is 12.9. The lowest BCUT2D eigenvalue weighted by Crippen LogP contribution is -2.40. The molecule has 0 radical (unpaired) electrons. The zero-order valence-electron chi connectivity index (χ0n) is 19.0. The van der Waals surface area contributed by atoms with Crippen LogP contribution in [-0.4, -0.2) is 58.7 Å². The molecule has 0 aliphatic carbocycles. The Hall–Kier alpha value is -2.74. The number of aromatic nitrogens is 1. The second-order valence-corrected chi connectivity index (χ2v) is 8.74. The maximum atomic E-state index is 12.9. The minimum absolute atomic E-state index is 0.0139. The van der Waals surface area contributed by atoms with E-state index in [0.717, 1.165) is 5.56 Å². The lowest BCUT2D eigenvalue weighted by molar-refractivity contribution is -0.130. The number of rotatable bonds is 10. The van der Waals surface area contributed by atoms with Crippen molar-refractivity contribution in [1.82, 2.24) is 14.8 Å². The molecule has 1 heterocycles. The van der Waals surface area contributed by atoms with Crippen molar-refractivity contribution in [1.29, 1.82) is 0 Å². The topological polar surface area (TPSA) is 82.6 Å². The van der Waals surface area contributed by atoms with Crippen molar-refractivity contribution in [2.24, 2.45) is 5.92 Å². The number of nitrogens with zero attached hydrogens (tertiary/aromatic N) is 3. The fourth-order valence-corrected chi connectivity index (χ4v) is 3.89. The Morgan fingerprint density at radius 3 is 2.29 bits per heavy atom. The summed E-state index contributed by atoms with van der Waals surface area (Å²) in [6, 6.07) is 7.33. The fraction of sp³-hybridized carbons (Fsp3) is 0.478. The van der Waals surface area contributed by atoms with Crippen LogP contribution in [0, 0.1) is 12.8 Å². The van der Waals surface area contributed by atoms with Gasteiger partial charge in [-0.05, 0) is 38.8 Å². The summed E-state index contributed by atoms with van der Waals surface area (Å²) in [7, 11) is 0. The summed E-state index contributed by atoms with van der Waals surface area (Å²) in [4.78, 5) is 45.4. The summed E-state index contributed by atoms with van der Waals surface area (Å²) >= 11 is 1.28. The van der Waals surface area contributed by atoms with Crippen molar-refractivity contribution in [3.63, 3.8) is 0 Å². The molecule has 0 fully saturated rings. The molecule has 31 heavy (non-hydrogen) atoms. The highest BCUT2D eigenvalue weighted by atomic mass is 32.1. The van der Waals surface area contributed by atoms with Gasteiger partial charge >= 0.3 is 0 Å². The lowest BCUT2D eigenvalue weighted by atomic mass is 10.1. The summed E-state index contributed by atoms with van der Waals surface area (Å²) in [6.07, 6.45) is 0.208. The average Bonchev–Trinajstić information content (AvgIpc) is 3.14. The van der Waals surface area contributed by atoms with Gasteiger partial charge in [0, 0.05) is 30.6 Å². The van der Waals surface area contributed by atoms with Crippen molar-refractivity contribution in [2.45, 2.75) is 41.0 Å². The van der Waals surface area contributed by atoms with Crippen molar-refractivity contribution in [2.75, 3.05) is 31.5 Å². The highest BCUT2D eigenvalue weighted by Gasteiger charge is 2.21. The summed E-state index contributed by atoms with van der Waals surface area (Å²) < 4.78 is 0. The third kappa shape index (κ3) is 7.47. The Morgan fingerprint density at radius 2 is 1.71 bits per heavy atom. The number of likely N-dealkylation sites (N-methyl/N-ethyl adjacent to an activating group) is 1. The number of anilines is 1. The first kappa shape index (κ1) is 24.5. The van der Waals surface area contributed by atoms with Crippen LogP contribution in [0.3, 0.4) is 0 Å². The quantitative estimate of drug-likeness (QED) is 0.607. The molecule has 0 aliphatic rings. The summed E-state index contributed by atoms with van der Waals surface area (Å²) in [5, 5.41) is 4.97. The number of benzene rings is 1. The van der Waals surface area contributed by atoms with Gasteiger partial charge in [-0.25, -0.2) is 4.98 Å². The van der Waals surface area contributed by atoms with E-state index in [2.05, 4.69) is 10.3 Å². The summed E-state index contributed by atoms with van der Waals surface area (Å²) in [5.41, 5.74) is 2.27. The van der Waals surface area contributed by atoms with E-state index >= 15 is 0 Å². The number of aryl methyl sites for hydroxylation is 1. The van der Waals surface area contributed by atoms with Crippen molar-refractivity contribution in [3.8, 4) is 0 Å². The van der Waals surface area contributed by atoms with Crippen LogP contribution in [0.2, 0.25) is 0 Å². The van der Waals surface area contributed by atoms with Gasteiger partial charge in [-0.1, -0.05) is 31.5 Å². The molecule has 0 saturated heterocycles. The molecule has 7 nitrogen and oxygen atoms in total. The Morgan fingerprint density at radius 1 is 1.06 bits per heavy atom. The van der Waals surface area contributed by atoms with Gasteiger partial charge in [0.1, 0.15) is 6.54 Å². The number of nitrogens with one attached hydrogen (secondary N) is 1. The second kappa shape index (κ2) is 11.6. The van der Waals surface area contributed by atoms with E-state index < -0.39 is 0 Å². The van der Waals surface area contributed by atoms with Crippen LogP contribution >= 0.6 is 11.3 Å². The SMILES string of the molecule is CCN(CC)C(=O)Cc1csc(NC(=O)CN(CC(C)C)C(=O)c2ccc(C)cc2)n1. The monoisotopic (exact) mass is 444 g/mol. The molecule has 3 amide bonds. The zero-order valence-corrected chi connectivity index (χ0v) is 19.8. The molecule has 8 heteroatoms. The standard InChI is InChI=1S/C23H32N4O3S/c1-6-26(7-2)21(29)12-19-15-31-23(24-19)25-20(28)14-27(13-16(3)4)22(30)18-10-8-17(5)9-11-18/h8-11,15-16H,6-7,12-14H2,1-5H3,(H,24,25,28). The Bertz CT molecular complexity index is 888. The molecule has 0 aliphatic heterocycles. The maximum Gasteiger partial charge on any atom is 0.254 e. The predicted octanol–water partition coefficient (Wildman–Crippen LogP) is 3.60. The minimum Gasteiger partial charge on any atom is -0.343 e.